The molecule has 2 N–H and O–H groups in total. The van der Waals surface area contributed by atoms with Gasteiger partial charge in [-0.3, -0.25) is 0 Å². The Bertz CT molecular complexity index is 769. The van der Waals surface area contributed by atoms with Gasteiger partial charge in [0.1, 0.15) is 25.0 Å². The van der Waals surface area contributed by atoms with Gasteiger partial charge in [0.15, 0.2) is 5.90 Å². The van der Waals surface area contributed by atoms with E-state index in [-0.39, 0.29) is 12.1 Å². The van der Waals surface area contributed by atoms with Crippen molar-refractivity contribution < 1.29 is 9.47 Å². The van der Waals surface area contributed by atoms with Gasteiger partial charge in [-0.1, -0.05) is 67.2 Å². The van der Waals surface area contributed by atoms with E-state index in [1.54, 1.807) is 0 Å². The second-order valence-electron chi connectivity index (χ2n) is 7.05. The molecule has 0 amide bonds. The smallest absolute Gasteiger partial charge is 0.197 e. The second kappa shape index (κ2) is 7.75. The van der Waals surface area contributed by atoms with Crippen molar-refractivity contribution in [3.05, 3.63) is 84.1 Å². The molecule has 3 rings (SSSR count). The van der Waals surface area contributed by atoms with Crippen LogP contribution in [0.25, 0.3) is 0 Å². The molecule has 1 heterocycles. The van der Waals surface area contributed by atoms with Gasteiger partial charge in [-0.05, 0) is 25.0 Å². The molecule has 0 fully saturated rings. The first-order valence-corrected chi connectivity index (χ1v) is 8.87. The van der Waals surface area contributed by atoms with Crippen LogP contribution < -0.4 is 5.73 Å². The van der Waals surface area contributed by atoms with Gasteiger partial charge in [0.2, 0.25) is 0 Å². The monoisotopic (exact) mass is 350 g/mol. The van der Waals surface area contributed by atoms with Gasteiger partial charge in [-0.15, -0.1) is 0 Å². The van der Waals surface area contributed by atoms with Gasteiger partial charge < -0.3 is 15.2 Å². The third-order valence-corrected chi connectivity index (χ3v) is 4.73. The molecule has 1 aliphatic rings. The molecule has 2 atom stereocenters. The quantitative estimate of drug-likeness (QED) is 0.752. The fourth-order valence-electron chi connectivity index (χ4n) is 2.85. The van der Waals surface area contributed by atoms with E-state index in [4.69, 9.17) is 20.2 Å². The van der Waals surface area contributed by atoms with Crippen molar-refractivity contribution in [2.75, 3.05) is 13.2 Å². The van der Waals surface area contributed by atoms with Crippen molar-refractivity contribution in [1.82, 2.24) is 0 Å². The highest BCUT2D eigenvalue weighted by Crippen LogP contribution is 2.35. The van der Waals surface area contributed by atoms with E-state index in [2.05, 4.69) is 18.7 Å². The van der Waals surface area contributed by atoms with Crippen LogP contribution in [0.1, 0.15) is 37.1 Å². The Kier molecular flexibility index (Phi) is 5.43. The third-order valence-electron chi connectivity index (χ3n) is 4.73. The molecular formula is C22H26N2O2. The van der Waals surface area contributed by atoms with E-state index in [0.29, 0.717) is 24.9 Å². The van der Waals surface area contributed by atoms with Gasteiger partial charge >= 0.3 is 0 Å². The molecule has 0 aliphatic carbocycles. The van der Waals surface area contributed by atoms with Crippen molar-refractivity contribution >= 4 is 5.90 Å². The molecule has 4 heteroatoms. The molecule has 2 aromatic carbocycles. The Labute approximate surface area is 155 Å². The van der Waals surface area contributed by atoms with Crippen LogP contribution in [0.15, 0.2) is 78.0 Å². The highest BCUT2D eigenvalue weighted by Gasteiger charge is 2.36. The summed E-state index contributed by atoms with van der Waals surface area (Å²) in [6.07, 6.45) is 0. The zero-order valence-corrected chi connectivity index (χ0v) is 15.4. The first-order valence-electron chi connectivity index (χ1n) is 8.87. The number of hydrogen-bond donors (Lipinski definition) is 1. The number of hydrogen-bond acceptors (Lipinski definition) is 4. The molecule has 26 heavy (non-hydrogen) atoms. The Morgan fingerprint density at radius 1 is 1.19 bits per heavy atom. The lowest BCUT2D eigenvalue weighted by Gasteiger charge is -2.27. The van der Waals surface area contributed by atoms with Crippen molar-refractivity contribution in [2.24, 2.45) is 16.1 Å². The standard InChI is InChI=1S/C22H26N2O2/c1-16(25-14-19(23)17-10-6-4-7-11-17)22(2,3)21-24-20(15-26-21)18-12-8-5-9-13-18/h4-13,19-20H,1,14-15,23H2,2-3H3/t19-,20-/m1/s1. The largest absolute Gasteiger partial charge is 0.495 e. The summed E-state index contributed by atoms with van der Waals surface area (Å²) < 4.78 is 11.8. The predicted molar refractivity (Wildman–Crippen MR) is 105 cm³/mol. The van der Waals surface area contributed by atoms with Crippen LogP contribution in [-0.2, 0) is 9.47 Å². The van der Waals surface area contributed by atoms with Crippen LogP contribution in [0, 0.1) is 5.41 Å². The molecule has 2 aromatic rings. The van der Waals surface area contributed by atoms with Gasteiger partial charge in [0.05, 0.1) is 11.5 Å². The van der Waals surface area contributed by atoms with Crippen molar-refractivity contribution in [1.29, 1.82) is 0 Å². The molecular weight excluding hydrogens is 324 g/mol. The Morgan fingerprint density at radius 3 is 2.46 bits per heavy atom. The zero-order valence-electron chi connectivity index (χ0n) is 15.4. The van der Waals surface area contributed by atoms with Crippen molar-refractivity contribution in [3.8, 4) is 0 Å². The molecule has 0 radical (unpaired) electrons. The summed E-state index contributed by atoms with van der Waals surface area (Å²) in [5.41, 5.74) is 7.88. The van der Waals surface area contributed by atoms with Gasteiger partial charge in [0.25, 0.3) is 0 Å². The Balaban J connectivity index is 1.63. The minimum Gasteiger partial charge on any atom is -0.495 e. The highest BCUT2D eigenvalue weighted by molar-refractivity contribution is 5.86. The van der Waals surface area contributed by atoms with Crippen LogP contribution >= 0.6 is 0 Å². The maximum atomic E-state index is 6.21. The van der Waals surface area contributed by atoms with Gasteiger partial charge in [0, 0.05) is 0 Å². The van der Waals surface area contributed by atoms with E-state index in [0.717, 1.165) is 11.1 Å². The lowest BCUT2D eigenvalue weighted by atomic mass is 9.91. The minimum absolute atomic E-state index is 0.0184. The summed E-state index contributed by atoms with van der Waals surface area (Å²) in [5.74, 6) is 1.26. The maximum Gasteiger partial charge on any atom is 0.197 e. The first-order chi connectivity index (χ1) is 12.5. The van der Waals surface area contributed by atoms with Crippen molar-refractivity contribution in [3.63, 3.8) is 0 Å². The lowest BCUT2D eigenvalue weighted by Crippen LogP contribution is -2.29. The fourth-order valence-corrected chi connectivity index (χ4v) is 2.85. The molecule has 0 spiro atoms. The summed E-state index contributed by atoms with van der Waals surface area (Å²) in [7, 11) is 0. The summed E-state index contributed by atoms with van der Waals surface area (Å²) in [4.78, 5) is 4.76. The first kappa shape index (κ1) is 18.2. The molecule has 0 bridgehead atoms. The predicted octanol–water partition coefficient (Wildman–Crippen LogP) is 4.41. The normalized spacial score (nSPS) is 18.0. The van der Waals surface area contributed by atoms with Crippen molar-refractivity contribution in [2.45, 2.75) is 25.9 Å². The third kappa shape index (κ3) is 3.97. The van der Waals surface area contributed by atoms with E-state index in [9.17, 15) is 0 Å². The molecule has 0 saturated heterocycles. The summed E-state index contributed by atoms with van der Waals surface area (Å²) in [6, 6.07) is 19.9. The topological polar surface area (TPSA) is 56.8 Å². The lowest BCUT2D eigenvalue weighted by molar-refractivity contribution is 0.146. The SMILES string of the molecule is C=C(OC[C@@H](N)c1ccccc1)C(C)(C)C1=N[C@@H](c2ccccc2)CO1. The Morgan fingerprint density at radius 2 is 1.81 bits per heavy atom. The minimum atomic E-state index is -0.514. The second-order valence-corrected chi connectivity index (χ2v) is 7.05. The van der Waals surface area contributed by atoms with E-state index in [1.165, 1.54) is 0 Å². The summed E-state index contributed by atoms with van der Waals surface area (Å²) in [5, 5.41) is 0. The van der Waals surface area contributed by atoms with E-state index < -0.39 is 5.41 Å². The van der Waals surface area contributed by atoms with Crippen LogP contribution in [0.3, 0.4) is 0 Å². The highest BCUT2D eigenvalue weighted by atomic mass is 16.5. The molecule has 136 valence electrons. The van der Waals surface area contributed by atoms with Gasteiger partial charge in [-0.2, -0.15) is 0 Å². The molecule has 1 aliphatic heterocycles. The van der Waals surface area contributed by atoms with E-state index >= 15 is 0 Å². The number of aliphatic imine (C=N–C) groups is 1. The summed E-state index contributed by atoms with van der Waals surface area (Å²) >= 11 is 0. The summed E-state index contributed by atoms with van der Waals surface area (Å²) in [6.45, 7) is 9.02. The number of ether oxygens (including phenoxy) is 2. The average Bonchev–Trinajstić information content (AvgIpc) is 3.18. The molecule has 4 nitrogen and oxygen atoms in total. The van der Waals surface area contributed by atoms with Crippen LogP contribution in [-0.4, -0.2) is 19.1 Å². The number of nitrogens with two attached hydrogens (primary N) is 1. The van der Waals surface area contributed by atoms with Crippen LogP contribution in [0.5, 0.6) is 0 Å². The number of rotatable bonds is 7. The van der Waals surface area contributed by atoms with Crippen LogP contribution in [0.4, 0.5) is 0 Å². The van der Waals surface area contributed by atoms with Crippen LogP contribution in [0.2, 0.25) is 0 Å². The van der Waals surface area contributed by atoms with Gasteiger partial charge in [-0.25, -0.2) is 4.99 Å². The molecule has 0 aromatic heterocycles. The molecule has 0 saturated carbocycles. The molecule has 0 unspecified atom stereocenters. The van der Waals surface area contributed by atoms with E-state index in [1.807, 2.05) is 62.4 Å². The Hall–Kier alpha value is -2.59. The maximum absolute atomic E-state index is 6.21. The number of nitrogens with zero attached hydrogens (tertiary/aromatic N) is 1. The zero-order chi connectivity index (χ0) is 18.6. The average molecular weight is 350 g/mol. The fraction of sp³-hybridized carbons (Fsp3) is 0.318. The number of benzene rings is 2.